The molecule has 1 atom stereocenters. The van der Waals surface area contributed by atoms with Gasteiger partial charge in [-0.3, -0.25) is 0 Å². The average molecular weight is 249 g/mol. The average Bonchev–Trinajstić information content (AvgIpc) is 2.79. The van der Waals surface area contributed by atoms with Crippen LogP contribution in [-0.2, 0) is 11.3 Å². The predicted molar refractivity (Wildman–Crippen MR) is 66.5 cm³/mol. The van der Waals surface area contributed by atoms with E-state index in [1.54, 1.807) is 25.2 Å². The van der Waals surface area contributed by atoms with Crippen LogP contribution in [0.15, 0.2) is 12.7 Å². The summed E-state index contributed by atoms with van der Waals surface area (Å²) < 4.78 is 1.89. The molecule has 0 aliphatic rings. The lowest BCUT2D eigenvalue weighted by atomic mass is 10.3. The van der Waals surface area contributed by atoms with Crippen molar-refractivity contribution in [3.05, 3.63) is 12.7 Å². The fourth-order valence-corrected chi connectivity index (χ4v) is 1.71. The van der Waals surface area contributed by atoms with Gasteiger partial charge in [-0.2, -0.15) is 0 Å². The minimum atomic E-state index is -0.904. The van der Waals surface area contributed by atoms with Crippen molar-refractivity contribution < 1.29 is 9.90 Å². The molecule has 2 aromatic rings. The molecule has 2 rings (SSSR count). The molecule has 0 bridgehead atoms. The first-order chi connectivity index (χ1) is 8.56. The summed E-state index contributed by atoms with van der Waals surface area (Å²) in [7, 11) is 1.69. The van der Waals surface area contributed by atoms with E-state index in [1.807, 2.05) is 11.5 Å². The Bertz CT molecular complexity index is 580. The lowest BCUT2D eigenvalue weighted by Gasteiger charge is -2.22. The van der Waals surface area contributed by atoms with Crippen LogP contribution in [-0.4, -0.2) is 43.7 Å². The summed E-state index contributed by atoms with van der Waals surface area (Å²) in [4.78, 5) is 25.1. The molecule has 2 heterocycles. The van der Waals surface area contributed by atoms with Crippen LogP contribution in [0.1, 0.15) is 13.8 Å². The summed E-state index contributed by atoms with van der Waals surface area (Å²) in [5.74, 6) is -0.374. The second-order valence-corrected chi connectivity index (χ2v) is 4.03. The molecule has 1 unspecified atom stereocenters. The third-order valence-corrected chi connectivity index (χ3v) is 3.00. The zero-order chi connectivity index (χ0) is 13.3. The van der Waals surface area contributed by atoms with Gasteiger partial charge in [-0.25, -0.2) is 19.7 Å². The van der Waals surface area contributed by atoms with Gasteiger partial charge in [-0.15, -0.1) is 0 Å². The second kappa shape index (κ2) is 4.59. The van der Waals surface area contributed by atoms with Crippen LogP contribution < -0.4 is 4.90 Å². The molecule has 0 spiro atoms. The molecule has 0 fully saturated rings. The molecule has 0 radical (unpaired) electrons. The Hall–Kier alpha value is -2.18. The van der Waals surface area contributed by atoms with Crippen molar-refractivity contribution in [2.24, 2.45) is 0 Å². The predicted octanol–water partition coefficient (Wildman–Crippen LogP) is 0.755. The number of aryl methyl sites for hydroxylation is 1. The number of rotatable bonds is 4. The quantitative estimate of drug-likeness (QED) is 0.861. The molecule has 1 N–H and O–H groups in total. The monoisotopic (exact) mass is 249 g/mol. The number of imidazole rings is 1. The SMILES string of the molecule is CCn1cnc2c(N(C)C(C)C(=O)O)ncnc21. The van der Waals surface area contributed by atoms with Crippen LogP contribution in [0.5, 0.6) is 0 Å². The Kier molecular flexibility index (Phi) is 3.14. The van der Waals surface area contributed by atoms with E-state index in [9.17, 15) is 4.79 Å². The molecule has 7 heteroatoms. The minimum absolute atomic E-state index is 0.530. The number of aromatic nitrogens is 4. The van der Waals surface area contributed by atoms with Crippen LogP contribution in [0.25, 0.3) is 11.2 Å². The van der Waals surface area contributed by atoms with Gasteiger partial charge in [-0.1, -0.05) is 0 Å². The van der Waals surface area contributed by atoms with Crippen LogP contribution in [0.2, 0.25) is 0 Å². The molecule has 0 aliphatic carbocycles. The van der Waals surface area contributed by atoms with Crippen molar-refractivity contribution in [3.8, 4) is 0 Å². The number of carboxylic acid groups (broad SMARTS) is 1. The molecule has 0 aliphatic heterocycles. The van der Waals surface area contributed by atoms with Gasteiger partial charge < -0.3 is 14.6 Å². The summed E-state index contributed by atoms with van der Waals surface area (Å²) >= 11 is 0. The number of hydrogen-bond acceptors (Lipinski definition) is 5. The van der Waals surface area contributed by atoms with Gasteiger partial charge in [0.25, 0.3) is 0 Å². The molecular formula is C11H15N5O2. The maximum atomic E-state index is 11.0. The molecule has 2 aromatic heterocycles. The van der Waals surface area contributed by atoms with Crippen molar-refractivity contribution in [2.75, 3.05) is 11.9 Å². The van der Waals surface area contributed by atoms with Gasteiger partial charge in [0.1, 0.15) is 12.4 Å². The third-order valence-electron chi connectivity index (χ3n) is 3.00. The third kappa shape index (κ3) is 1.87. The number of nitrogens with zero attached hydrogens (tertiary/aromatic N) is 5. The number of anilines is 1. The van der Waals surface area contributed by atoms with Gasteiger partial charge in [0.05, 0.1) is 6.33 Å². The van der Waals surface area contributed by atoms with Crippen molar-refractivity contribution in [2.45, 2.75) is 26.4 Å². The fraction of sp³-hybridized carbons (Fsp3) is 0.455. The highest BCUT2D eigenvalue weighted by Gasteiger charge is 2.21. The second-order valence-electron chi connectivity index (χ2n) is 4.03. The Labute approximate surface area is 104 Å². The minimum Gasteiger partial charge on any atom is -0.480 e. The number of hydrogen-bond donors (Lipinski definition) is 1. The van der Waals surface area contributed by atoms with Crippen molar-refractivity contribution in [1.82, 2.24) is 19.5 Å². The van der Waals surface area contributed by atoms with Gasteiger partial charge in [0.2, 0.25) is 0 Å². The van der Waals surface area contributed by atoms with E-state index in [2.05, 4.69) is 15.0 Å². The van der Waals surface area contributed by atoms with Gasteiger partial charge >= 0.3 is 5.97 Å². The molecule has 0 saturated carbocycles. The van der Waals surface area contributed by atoms with Gasteiger partial charge in [0.15, 0.2) is 17.0 Å². The first-order valence-corrected chi connectivity index (χ1v) is 5.67. The summed E-state index contributed by atoms with van der Waals surface area (Å²) in [6, 6.07) is -0.671. The van der Waals surface area contributed by atoms with Crippen molar-refractivity contribution >= 4 is 23.0 Å². The maximum absolute atomic E-state index is 11.0. The van der Waals surface area contributed by atoms with Crippen molar-refractivity contribution in [1.29, 1.82) is 0 Å². The zero-order valence-electron chi connectivity index (χ0n) is 10.5. The number of fused-ring (bicyclic) bond motifs is 1. The van der Waals surface area contributed by atoms with Gasteiger partial charge in [-0.05, 0) is 13.8 Å². The van der Waals surface area contributed by atoms with E-state index in [0.717, 1.165) is 6.54 Å². The summed E-state index contributed by atoms with van der Waals surface area (Å²) in [6.45, 7) is 4.35. The summed E-state index contributed by atoms with van der Waals surface area (Å²) in [6.07, 6.45) is 3.11. The fourth-order valence-electron chi connectivity index (χ4n) is 1.71. The Balaban J connectivity index is 2.51. The molecular weight excluding hydrogens is 234 g/mol. The number of likely N-dealkylation sites (N-methyl/N-ethyl adjacent to an activating group) is 1. The summed E-state index contributed by atoms with van der Waals surface area (Å²) in [5, 5.41) is 9.03. The van der Waals surface area contributed by atoms with E-state index in [0.29, 0.717) is 17.0 Å². The largest absolute Gasteiger partial charge is 0.480 e. The number of carbonyl (C=O) groups is 1. The normalized spacial score (nSPS) is 12.6. The van der Waals surface area contributed by atoms with Crippen molar-refractivity contribution in [3.63, 3.8) is 0 Å². The van der Waals surface area contributed by atoms with E-state index in [1.165, 1.54) is 6.33 Å². The molecule has 0 aromatic carbocycles. The van der Waals surface area contributed by atoms with Gasteiger partial charge in [0, 0.05) is 13.6 Å². The first kappa shape index (κ1) is 12.3. The smallest absolute Gasteiger partial charge is 0.326 e. The highest BCUT2D eigenvalue weighted by Crippen LogP contribution is 2.21. The first-order valence-electron chi connectivity index (χ1n) is 5.67. The summed E-state index contributed by atoms with van der Waals surface area (Å²) in [5.41, 5.74) is 1.34. The standard InChI is InChI=1S/C11H15N5O2/c1-4-16-6-14-8-9(12-5-13-10(8)16)15(3)7(2)11(17)18/h5-7H,4H2,1-3H3,(H,17,18). The topological polar surface area (TPSA) is 84.1 Å². The lowest BCUT2D eigenvalue weighted by Crippen LogP contribution is -2.36. The van der Waals surface area contributed by atoms with Crippen LogP contribution in [0.3, 0.4) is 0 Å². The molecule has 96 valence electrons. The van der Waals surface area contributed by atoms with E-state index >= 15 is 0 Å². The van der Waals surface area contributed by atoms with Crippen LogP contribution in [0.4, 0.5) is 5.82 Å². The molecule has 0 saturated heterocycles. The lowest BCUT2D eigenvalue weighted by molar-refractivity contribution is -0.138. The molecule has 0 amide bonds. The van der Waals surface area contributed by atoms with Crippen LogP contribution in [0, 0.1) is 0 Å². The number of carboxylic acids is 1. The maximum Gasteiger partial charge on any atom is 0.326 e. The Morgan fingerprint density at radius 1 is 1.50 bits per heavy atom. The van der Waals surface area contributed by atoms with E-state index in [-0.39, 0.29) is 0 Å². The Morgan fingerprint density at radius 2 is 2.22 bits per heavy atom. The zero-order valence-corrected chi connectivity index (χ0v) is 10.5. The van der Waals surface area contributed by atoms with E-state index in [4.69, 9.17) is 5.11 Å². The highest BCUT2D eigenvalue weighted by molar-refractivity contribution is 5.86. The van der Waals surface area contributed by atoms with Crippen LogP contribution >= 0.6 is 0 Å². The molecule has 7 nitrogen and oxygen atoms in total. The highest BCUT2D eigenvalue weighted by atomic mass is 16.4. The van der Waals surface area contributed by atoms with E-state index < -0.39 is 12.0 Å². The number of aliphatic carboxylic acids is 1. The molecule has 18 heavy (non-hydrogen) atoms. The Morgan fingerprint density at radius 3 is 2.83 bits per heavy atom.